The highest BCUT2D eigenvalue weighted by atomic mass is 35.5. The number of hydrogen-bond donors (Lipinski definition) is 0. The van der Waals surface area contributed by atoms with Crippen molar-refractivity contribution in [1.82, 2.24) is 0 Å². The second kappa shape index (κ2) is 3.89. The highest BCUT2D eigenvalue weighted by molar-refractivity contribution is 6.30. The molecule has 0 saturated carbocycles. The molecule has 0 spiro atoms. The van der Waals surface area contributed by atoms with Crippen LogP contribution < -0.4 is 0 Å². The SMILES string of the molecule is N#C/C(F)=C\c1cccc(Cl)c1. The maximum atomic E-state index is 12.4. The number of nitriles is 1. The van der Waals surface area contributed by atoms with E-state index in [0.29, 0.717) is 10.6 Å². The summed E-state index contributed by atoms with van der Waals surface area (Å²) in [5, 5.41) is 8.66. The number of hydrogen-bond acceptors (Lipinski definition) is 1. The molecule has 12 heavy (non-hydrogen) atoms. The molecule has 0 N–H and O–H groups in total. The third-order valence-corrected chi connectivity index (χ3v) is 1.48. The molecule has 0 aliphatic rings. The Morgan fingerprint density at radius 3 is 2.92 bits per heavy atom. The highest BCUT2D eigenvalue weighted by Gasteiger charge is 1.93. The van der Waals surface area contributed by atoms with Crippen LogP contribution in [0.4, 0.5) is 4.39 Å². The second-order valence-electron chi connectivity index (χ2n) is 2.16. The average Bonchev–Trinajstić information content (AvgIpc) is 2.04. The molecule has 1 nitrogen and oxygen atoms in total. The van der Waals surface area contributed by atoms with Crippen molar-refractivity contribution in [3.8, 4) is 6.07 Å². The summed E-state index contributed by atoms with van der Waals surface area (Å²) in [5.74, 6) is -0.822. The predicted octanol–water partition coefficient (Wildman–Crippen LogP) is 3.17. The Labute approximate surface area is 74.7 Å². The van der Waals surface area contributed by atoms with Crippen LogP contribution in [0.2, 0.25) is 5.02 Å². The van der Waals surface area contributed by atoms with Crippen molar-refractivity contribution in [2.45, 2.75) is 0 Å². The fourth-order valence-electron chi connectivity index (χ4n) is 0.775. The van der Waals surface area contributed by atoms with Crippen LogP contribution in [0, 0.1) is 11.3 Å². The molecule has 0 aliphatic carbocycles. The molecule has 1 aromatic carbocycles. The van der Waals surface area contributed by atoms with Crippen molar-refractivity contribution in [2.24, 2.45) is 0 Å². The molecule has 0 fully saturated rings. The molecule has 1 rings (SSSR count). The van der Waals surface area contributed by atoms with Gasteiger partial charge in [-0.1, -0.05) is 23.7 Å². The minimum atomic E-state index is -0.822. The monoisotopic (exact) mass is 181 g/mol. The standard InChI is InChI=1S/C9H5ClFN/c10-8-3-1-2-7(4-8)5-9(11)6-12/h1-5H/b9-5+. The van der Waals surface area contributed by atoms with Crippen molar-refractivity contribution in [2.75, 3.05) is 0 Å². The normalized spacial score (nSPS) is 10.9. The fourth-order valence-corrected chi connectivity index (χ4v) is 0.974. The smallest absolute Gasteiger partial charge is 0.195 e. The van der Waals surface area contributed by atoms with Gasteiger partial charge in [-0.25, -0.2) is 0 Å². The number of allylic oxidation sites excluding steroid dienone is 1. The quantitative estimate of drug-likeness (QED) is 0.611. The van der Waals surface area contributed by atoms with Gasteiger partial charge in [0, 0.05) is 5.02 Å². The molecule has 0 amide bonds. The van der Waals surface area contributed by atoms with Crippen molar-refractivity contribution < 1.29 is 4.39 Å². The minimum Gasteiger partial charge on any atom is -0.195 e. The van der Waals surface area contributed by atoms with E-state index >= 15 is 0 Å². The Hall–Kier alpha value is -1.33. The van der Waals surface area contributed by atoms with Crippen molar-refractivity contribution in [3.05, 3.63) is 40.7 Å². The maximum absolute atomic E-state index is 12.4. The molecular weight excluding hydrogens is 177 g/mol. The van der Waals surface area contributed by atoms with E-state index in [1.807, 2.05) is 0 Å². The number of rotatable bonds is 1. The average molecular weight is 182 g/mol. The summed E-state index contributed by atoms with van der Waals surface area (Å²) in [5.41, 5.74) is 0.585. The van der Waals surface area contributed by atoms with E-state index in [4.69, 9.17) is 16.9 Å². The Balaban J connectivity index is 2.99. The van der Waals surface area contributed by atoms with Crippen molar-refractivity contribution in [3.63, 3.8) is 0 Å². The summed E-state index contributed by atoms with van der Waals surface area (Å²) in [6.07, 6.45) is 1.13. The number of benzene rings is 1. The second-order valence-corrected chi connectivity index (χ2v) is 2.60. The van der Waals surface area contributed by atoms with Crippen LogP contribution in [0.15, 0.2) is 30.1 Å². The van der Waals surface area contributed by atoms with Gasteiger partial charge in [0.2, 0.25) is 5.83 Å². The Bertz CT molecular complexity index is 352. The molecule has 0 aromatic heterocycles. The van der Waals surface area contributed by atoms with Gasteiger partial charge in [-0.2, -0.15) is 9.65 Å². The molecule has 0 saturated heterocycles. The predicted molar refractivity (Wildman–Crippen MR) is 46.2 cm³/mol. The molecule has 0 atom stereocenters. The van der Waals surface area contributed by atoms with E-state index in [1.165, 1.54) is 6.07 Å². The topological polar surface area (TPSA) is 23.8 Å². The van der Waals surface area contributed by atoms with Gasteiger partial charge in [-0.15, -0.1) is 0 Å². The zero-order valence-electron chi connectivity index (χ0n) is 6.09. The Kier molecular flexibility index (Phi) is 2.84. The lowest BCUT2D eigenvalue weighted by molar-refractivity contribution is 0.679. The summed E-state index contributed by atoms with van der Waals surface area (Å²) < 4.78 is 12.4. The van der Waals surface area contributed by atoms with E-state index in [-0.39, 0.29) is 0 Å². The summed E-state index contributed by atoms with van der Waals surface area (Å²) >= 11 is 5.64. The van der Waals surface area contributed by atoms with Gasteiger partial charge >= 0.3 is 0 Å². The Morgan fingerprint density at radius 1 is 1.58 bits per heavy atom. The van der Waals surface area contributed by atoms with Gasteiger partial charge in [0.1, 0.15) is 6.07 Å². The molecule has 0 unspecified atom stereocenters. The summed E-state index contributed by atoms with van der Waals surface area (Å²) in [6, 6.07) is 8.01. The van der Waals surface area contributed by atoms with Crippen LogP contribution in [0.1, 0.15) is 5.56 Å². The molecule has 0 heterocycles. The van der Waals surface area contributed by atoms with Gasteiger partial charge in [-0.05, 0) is 23.8 Å². The van der Waals surface area contributed by atoms with Gasteiger partial charge in [0.25, 0.3) is 0 Å². The first-order valence-corrected chi connectivity index (χ1v) is 3.63. The van der Waals surface area contributed by atoms with Crippen molar-refractivity contribution in [1.29, 1.82) is 5.26 Å². The minimum absolute atomic E-state index is 0.523. The summed E-state index contributed by atoms with van der Waals surface area (Å²) in [7, 11) is 0. The van der Waals surface area contributed by atoms with E-state index < -0.39 is 5.83 Å². The first kappa shape index (κ1) is 8.76. The van der Waals surface area contributed by atoms with Crippen LogP contribution >= 0.6 is 11.6 Å². The third-order valence-electron chi connectivity index (χ3n) is 1.25. The molecule has 60 valence electrons. The van der Waals surface area contributed by atoms with Crippen molar-refractivity contribution >= 4 is 17.7 Å². The van der Waals surface area contributed by atoms with Crippen LogP contribution in [-0.4, -0.2) is 0 Å². The molecule has 0 radical (unpaired) electrons. The van der Waals surface area contributed by atoms with Crippen LogP contribution in [0.25, 0.3) is 6.08 Å². The fraction of sp³-hybridized carbons (Fsp3) is 0. The first-order valence-electron chi connectivity index (χ1n) is 3.25. The Morgan fingerprint density at radius 2 is 2.33 bits per heavy atom. The van der Waals surface area contributed by atoms with E-state index in [2.05, 4.69) is 0 Å². The number of halogens is 2. The summed E-state index contributed by atoms with van der Waals surface area (Å²) in [4.78, 5) is 0. The number of nitrogens with zero attached hydrogens (tertiary/aromatic N) is 1. The van der Waals surface area contributed by atoms with Crippen LogP contribution in [0.3, 0.4) is 0 Å². The molecular formula is C9H5ClFN. The molecule has 0 bridgehead atoms. The zero-order valence-corrected chi connectivity index (χ0v) is 6.85. The highest BCUT2D eigenvalue weighted by Crippen LogP contribution is 2.13. The van der Waals surface area contributed by atoms with Gasteiger partial charge in [0.15, 0.2) is 0 Å². The lowest BCUT2D eigenvalue weighted by Crippen LogP contribution is -1.72. The summed E-state index contributed by atoms with van der Waals surface area (Å²) in [6.45, 7) is 0. The molecule has 1 aromatic rings. The van der Waals surface area contributed by atoms with Gasteiger partial charge in [0.05, 0.1) is 0 Å². The largest absolute Gasteiger partial charge is 0.200 e. The molecule has 0 aliphatic heterocycles. The zero-order chi connectivity index (χ0) is 8.97. The molecule has 3 heteroatoms. The van der Waals surface area contributed by atoms with Crippen LogP contribution in [0.5, 0.6) is 0 Å². The third kappa shape index (κ3) is 2.37. The maximum Gasteiger partial charge on any atom is 0.200 e. The lowest BCUT2D eigenvalue weighted by atomic mass is 10.2. The van der Waals surface area contributed by atoms with E-state index in [9.17, 15) is 4.39 Å². The van der Waals surface area contributed by atoms with Gasteiger partial charge < -0.3 is 0 Å². The van der Waals surface area contributed by atoms with Crippen LogP contribution in [-0.2, 0) is 0 Å². The van der Waals surface area contributed by atoms with E-state index in [1.54, 1.807) is 24.3 Å². The van der Waals surface area contributed by atoms with Gasteiger partial charge in [-0.3, -0.25) is 0 Å². The van der Waals surface area contributed by atoms with E-state index in [0.717, 1.165) is 6.08 Å². The lowest BCUT2D eigenvalue weighted by Gasteiger charge is -1.92. The first-order chi connectivity index (χ1) is 5.72.